The van der Waals surface area contributed by atoms with Crippen LogP contribution in [0.5, 0.6) is 0 Å². The number of hydrogen-bond acceptors (Lipinski definition) is 2. The summed E-state index contributed by atoms with van der Waals surface area (Å²) in [5.41, 5.74) is 1.41. The van der Waals surface area contributed by atoms with Crippen LogP contribution in [0, 0.1) is 0 Å². The molecule has 0 aromatic heterocycles. The van der Waals surface area contributed by atoms with Gasteiger partial charge in [0.2, 0.25) is 0 Å². The predicted octanol–water partition coefficient (Wildman–Crippen LogP) is 5.16. The number of nitrogens with one attached hydrogen (secondary N) is 1. The maximum absolute atomic E-state index is 3.86. The predicted molar refractivity (Wildman–Crippen MR) is 89.9 cm³/mol. The third-order valence-electron chi connectivity index (χ3n) is 3.90. The van der Waals surface area contributed by atoms with Gasteiger partial charge in [-0.3, -0.25) is 0 Å². The lowest BCUT2D eigenvalue weighted by molar-refractivity contribution is 0.431. The summed E-state index contributed by atoms with van der Waals surface area (Å²) in [6, 6.07) is 9.96. The molecule has 3 heteroatoms. The third-order valence-corrected chi connectivity index (χ3v) is 5.67. The minimum absolute atomic E-state index is 0.503. The van der Waals surface area contributed by atoms with Crippen molar-refractivity contribution in [3.63, 3.8) is 0 Å². The van der Waals surface area contributed by atoms with Crippen molar-refractivity contribution in [3.8, 4) is 0 Å². The number of benzene rings is 1. The van der Waals surface area contributed by atoms with Crippen molar-refractivity contribution in [3.05, 3.63) is 34.3 Å². The second-order valence-electron chi connectivity index (χ2n) is 5.27. The average molecular weight is 342 g/mol. The molecule has 0 aliphatic heterocycles. The van der Waals surface area contributed by atoms with Crippen LogP contribution in [-0.4, -0.2) is 17.0 Å². The number of halogens is 1. The summed E-state index contributed by atoms with van der Waals surface area (Å²) in [5.74, 6) is 1.25. The van der Waals surface area contributed by atoms with Crippen molar-refractivity contribution >= 4 is 27.7 Å². The highest BCUT2D eigenvalue weighted by atomic mass is 79.9. The van der Waals surface area contributed by atoms with E-state index in [2.05, 4.69) is 71.1 Å². The van der Waals surface area contributed by atoms with Crippen molar-refractivity contribution in [1.82, 2.24) is 5.32 Å². The second kappa shape index (κ2) is 7.70. The zero-order valence-corrected chi connectivity index (χ0v) is 14.3. The molecular weight excluding hydrogens is 318 g/mol. The maximum atomic E-state index is 3.86. The first kappa shape index (κ1) is 15.4. The Bertz CT molecular complexity index is 379. The summed E-state index contributed by atoms with van der Waals surface area (Å²) >= 11 is 5.64. The topological polar surface area (TPSA) is 12.0 Å². The maximum Gasteiger partial charge on any atom is 0.0320 e. The molecule has 1 nitrogen and oxygen atoms in total. The largest absolute Gasteiger partial charge is 0.307 e. The Labute approximate surface area is 130 Å². The van der Waals surface area contributed by atoms with Gasteiger partial charge in [-0.2, -0.15) is 11.8 Å². The van der Waals surface area contributed by atoms with Crippen LogP contribution in [0.2, 0.25) is 0 Å². The van der Waals surface area contributed by atoms with Gasteiger partial charge < -0.3 is 5.32 Å². The molecule has 0 spiro atoms. The van der Waals surface area contributed by atoms with Gasteiger partial charge in [0.25, 0.3) is 0 Å². The van der Waals surface area contributed by atoms with Gasteiger partial charge in [0.05, 0.1) is 0 Å². The standard InChI is InChI=1S/C16H24BrNS/c1-3-16(12-5-7-13(17)8-6-12)18-14-9-10-15(11-14)19-4-2/h5-8,14-16,18H,3-4,9-11H2,1-2H3. The molecule has 19 heavy (non-hydrogen) atoms. The fraction of sp³-hybridized carbons (Fsp3) is 0.625. The lowest BCUT2D eigenvalue weighted by Crippen LogP contribution is -2.30. The van der Waals surface area contributed by atoms with E-state index >= 15 is 0 Å². The molecule has 1 N–H and O–H groups in total. The molecule has 3 atom stereocenters. The van der Waals surface area contributed by atoms with Crippen LogP contribution in [-0.2, 0) is 0 Å². The van der Waals surface area contributed by atoms with Crippen LogP contribution in [0.15, 0.2) is 28.7 Å². The Morgan fingerprint density at radius 2 is 2.00 bits per heavy atom. The van der Waals surface area contributed by atoms with Gasteiger partial charge in [-0.15, -0.1) is 0 Å². The molecule has 2 rings (SSSR count). The van der Waals surface area contributed by atoms with Crippen molar-refractivity contribution in [2.75, 3.05) is 5.75 Å². The average Bonchev–Trinajstić information content (AvgIpc) is 2.85. The van der Waals surface area contributed by atoms with Crippen LogP contribution in [0.25, 0.3) is 0 Å². The van der Waals surface area contributed by atoms with Crippen LogP contribution in [0.4, 0.5) is 0 Å². The van der Waals surface area contributed by atoms with Crippen molar-refractivity contribution < 1.29 is 0 Å². The highest BCUT2D eigenvalue weighted by Gasteiger charge is 2.26. The molecule has 1 saturated carbocycles. The van der Waals surface area contributed by atoms with E-state index in [-0.39, 0.29) is 0 Å². The van der Waals surface area contributed by atoms with E-state index in [1.165, 1.54) is 30.6 Å². The Morgan fingerprint density at radius 3 is 2.63 bits per heavy atom. The van der Waals surface area contributed by atoms with Gasteiger partial charge in [-0.1, -0.05) is 41.9 Å². The Kier molecular flexibility index (Phi) is 6.24. The Balaban J connectivity index is 1.91. The molecule has 0 saturated heterocycles. The highest BCUT2D eigenvalue weighted by Crippen LogP contribution is 2.31. The summed E-state index contributed by atoms with van der Waals surface area (Å²) in [7, 11) is 0. The molecule has 1 fully saturated rings. The summed E-state index contributed by atoms with van der Waals surface area (Å²) in [6.07, 6.45) is 5.22. The lowest BCUT2D eigenvalue weighted by Gasteiger charge is -2.22. The van der Waals surface area contributed by atoms with Crippen molar-refractivity contribution in [1.29, 1.82) is 0 Å². The summed E-state index contributed by atoms with van der Waals surface area (Å²) in [4.78, 5) is 0. The van der Waals surface area contributed by atoms with Crippen LogP contribution < -0.4 is 5.32 Å². The Hall–Kier alpha value is 0.01000. The molecule has 0 heterocycles. The quantitative estimate of drug-likeness (QED) is 0.766. The fourth-order valence-corrected chi connectivity index (χ4v) is 4.31. The lowest BCUT2D eigenvalue weighted by atomic mass is 10.0. The van der Waals surface area contributed by atoms with Gasteiger partial charge in [-0.25, -0.2) is 0 Å². The molecular formula is C16H24BrNS. The minimum Gasteiger partial charge on any atom is -0.307 e. The minimum atomic E-state index is 0.503. The van der Waals surface area contributed by atoms with E-state index in [0.717, 1.165) is 16.1 Å². The normalized spacial score (nSPS) is 24.6. The fourth-order valence-electron chi connectivity index (χ4n) is 2.91. The zero-order chi connectivity index (χ0) is 13.7. The van der Waals surface area contributed by atoms with Gasteiger partial charge in [0.15, 0.2) is 0 Å². The number of rotatable bonds is 6. The molecule has 3 unspecified atom stereocenters. The van der Waals surface area contributed by atoms with E-state index < -0.39 is 0 Å². The first-order valence-corrected chi connectivity index (χ1v) is 9.20. The van der Waals surface area contributed by atoms with Gasteiger partial charge in [0, 0.05) is 21.8 Å². The smallest absolute Gasteiger partial charge is 0.0320 e. The van der Waals surface area contributed by atoms with E-state index in [1.807, 2.05) is 0 Å². The van der Waals surface area contributed by atoms with Gasteiger partial charge >= 0.3 is 0 Å². The second-order valence-corrected chi connectivity index (χ2v) is 7.76. The molecule has 1 aliphatic rings. The first-order chi connectivity index (χ1) is 9.22. The summed E-state index contributed by atoms with van der Waals surface area (Å²) in [5, 5.41) is 4.74. The molecule has 0 radical (unpaired) electrons. The van der Waals surface area contributed by atoms with E-state index in [4.69, 9.17) is 0 Å². The van der Waals surface area contributed by atoms with Gasteiger partial charge in [-0.05, 0) is 49.1 Å². The molecule has 1 aliphatic carbocycles. The van der Waals surface area contributed by atoms with Crippen molar-refractivity contribution in [2.45, 2.75) is 56.9 Å². The Morgan fingerprint density at radius 1 is 1.26 bits per heavy atom. The molecule has 1 aromatic carbocycles. The number of thioether (sulfide) groups is 1. The van der Waals surface area contributed by atoms with E-state index in [0.29, 0.717) is 12.1 Å². The SMILES string of the molecule is CCSC1CCC(NC(CC)c2ccc(Br)cc2)C1. The summed E-state index contributed by atoms with van der Waals surface area (Å²) in [6.45, 7) is 4.54. The van der Waals surface area contributed by atoms with Gasteiger partial charge in [0.1, 0.15) is 0 Å². The van der Waals surface area contributed by atoms with Crippen molar-refractivity contribution in [2.24, 2.45) is 0 Å². The van der Waals surface area contributed by atoms with Crippen LogP contribution >= 0.6 is 27.7 Å². The molecule has 0 amide bonds. The molecule has 106 valence electrons. The molecule has 0 bridgehead atoms. The van der Waals surface area contributed by atoms with E-state index in [1.54, 1.807) is 0 Å². The van der Waals surface area contributed by atoms with E-state index in [9.17, 15) is 0 Å². The summed E-state index contributed by atoms with van der Waals surface area (Å²) < 4.78 is 1.16. The third kappa shape index (κ3) is 4.51. The van der Waals surface area contributed by atoms with Crippen LogP contribution in [0.1, 0.15) is 51.1 Å². The first-order valence-electron chi connectivity index (χ1n) is 7.36. The number of hydrogen-bond donors (Lipinski definition) is 1. The van der Waals surface area contributed by atoms with Crippen LogP contribution in [0.3, 0.4) is 0 Å². The zero-order valence-electron chi connectivity index (χ0n) is 11.9. The molecule has 1 aromatic rings. The monoisotopic (exact) mass is 341 g/mol. The highest BCUT2D eigenvalue weighted by molar-refractivity contribution is 9.10.